The van der Waals surface area contributed by atoms with Crippen molar-refractivity contribution in [3.8, 4) is 0 Å². The summed E-state index contributed by atoms with van der Waals surface area (Å²) >= 11 is 5.67. The normalized spacial score (nSPS) is 10.4. The number of aromatic nitrogens is 1. The largest absolute Gasteiger partial charge is 0.398 e. The molecule has 0 bridgehead atoms. The second kappa shape index (κ2) is 5.23. The third-order valence-electron chi connectivity index (χ3n) is 2.61. The van der Waals surface area contributed by atoms with Gasteiger partial charge in [-0.05, 0) is 17.7 Å². The molecule has 1 heterocycles. The molecule has 94 valence electrons. The summed E-state index contributed by atoms with van der Waals surface area (Å²) in [5, 5.41) is 0.281. The van der Waals surface area contributed by atoms with Gasteiger partial charge in [0.15, 0.2) is 11.6 Å². The maximum Gasteiger partial charge on any atom is 0.167 e. The molecule has 0 aliphatic carbocycles. The van der Waals surface area contributed by atoms with Crippen molar-refractivity contribution in [3.05, 3.63) is 52.9 Å². The number of anilines is 2. The van der Waals surface area contributed by atoms with E-state index in [0.29, 0.717) is 12.2 Å². The summed E-state index contributed by atoms with van der Waals surface area (Å²) in [6.45, 7) is 0.484. The standard InChI is InChI=1S/C13H13ClFN3/c1-18(8-9-4-2-3-5-12(9)16)13-11(15)6-10(14)7-17-13/h2-7H,8,16H2,1H3. The van der Waals surface area contributed by atoms with Gasteiger partial charge < -0.3 is 10.6 Å². The van der Waals surface area contributed by atoms with Gasteiger partial charge >= 0.3 is 0 Å². The zero-order valence-corrected chi connectivity index (χ0v) is 10.7. The van der Waals surface area contributed by atoms with Crippen molar-refractivity contribution in [3.63, 3.8) is 0 Å². The summed E-state index contributed by atoms with van der Waals surface area (Å²) in [5.74, 6) is -0.192. The number of nitrogens with zero attached hydrogens (tertiary/aromatic N) is 2. The predicted molar refractivity (Wildman–Crippen MR) is 72.2 cm³/mol. The van der Waals surface area contributed by atoms with Gasteiger partial charge in [-0.25, -0.2) is 9.37 Å². The number of halogens is 2. The highest BCUT2D eigenvalue weighted by Gasteiger charge is 2.11. The van der Waals surface area contributed by atoms with Crippen molar-refractivity contribution in [2.24, 2.45) is 0 Å². The van der Waals surface area contributed by atoms with Crippen molar-refractivity contribution in [2.45, 2.75) is 6.54 Å². The Morgan fingerprint density at radius 1 is 1.39 bits per heavy atom. The lowest BCUT2D eigenvalue weighted by molar-refractivity contribution is 0.615. The molecule has 2 N–H and O–H groups in total. The Labute approximate surface area is 110 Å². The van der Waals surface area contributed by atoms with Crippen LogP contribution in [-0.4, -0.2) is 12.0 Å². The summed E-state index contributed by atoms with van der Waals surface area (Å²) in [4.78, 5) is 5.67. The number of hydrogen-bond donors (Lipinski definition) is 1. The van der Waals surface area contributed by atoms with Crippen LogP contribution in [0.15, 0.2) is 36.5 Å². The molecule has 0 spiro atoms. The van der Waals surface area contributed by atoms with Crippen molar-refractivity contribution in [2.75, 3.05) is 17.7 Å². The highest BCUT2D eigenvalue weighted by Crippen LogP contribution is 2.21. The first-order valence-corrected chi connectivity index (χ1v) is 5.81. The topological polar surface area (TPSA) is 42.1 Å². The van der Waals surface area contributed by atoms with E-state index in [2.05, 4.69) is 4.98 Å². The molecule has 0 fully saturated rings. The smallest absolute Gasteiger partial charge is 0.167 e. The van der Waals surface area contributed by atoms with Crippen LogP contribution in [0.4, 0.5) is 15.9 Å². The number of para-hydroxylation sites is 1. The molecule has 2 aromatic rings. The van der Waals surface area contributed by atoms with E-state index in [9.17, 15) is 4.39 Å². The van der Waals surface area contributed by atoms with Gasteiger partial charge in [0.2, 0.25) is 0 Å². The number of hydrogen-bond acceptors (Lipinski definition) is 3. The van der Waals surface area contributed by atoms with Crippen molar-refractivity contribution in [1.29, 1.82) is 0 Å². The first-order valence-electron chi connectivity index (χ1n) is 5.43. The van der Waals surface area contributed by atoms with Crippen molar-refractivity contribution >= 4 is 23.1 Å². The maximum atomic E-state index is 13.7. The third-order valence-corrected chi connectivity index (χ3v) is 2.82. The van der Waals surface area contributed by atoms with E-state index in [0.717, 1.165) is 5.56 Å². The van der Waals surface area contributed by atoms with E-state index in [1.54, 1.807) is 11.9 Å². The lowest BCUT2D eigenvalue weighted by atomic mass is 10.2. The minimum atomic E-state index is -0.445. The molecule has 0 aliphatic rings. The lowest BCUT2D eigenvalue weighted by Gasteiger charge is -2.19. The first kappa shape index (κ1) is 12.6. The number of pyridine rings is 1. The highest BCUT2D eigenvalue weighted by atomic mass is 35.5. The van der Waals surface area contributed by atoms with Gasteiger partial charge in [-0.1, -0.05) is 29.8 Å². The summed E-state index contributed by atoms with van der Waals surface area (Å²) in [7, 11) is 1.76. The minimum Gasteiger partial charge on any atom is -0.398 e. The number of rotatable bonds is 3. The van der Waals surface area contributed by atoms with Crippen LogP contribution in [0.2, 0.25) is 5.02 Å². The van der Waals surface area contributed by atoms with Crippen LogP contribution in [-0.2, 0) is 6.54 Å². The molecule has 3 nitrogen and oxygen atoms in total. The Balaban J connectivity index is 2.22. The predicted octanol–water partition coefficient (Wildman–Crippen LogP) is 3.09. The summed E-state index contributed by atoms with van der Waals surface area (Å²) in [6, 6.07) is 8.72. The zero-order chi connectivity index (χ0) is 13.1. The number of nitrogen functional groups attached to an aromatic ring is 1. The van der Waals surface area contributed by atoms with Crippen LogP contribution >= 0.6 is 11.6 Å². The van der Waals surface area contributed by atoms with Gasteiger partial charge in [0.1, 0.15) is 0 Å². The fraction of sp³-hybridized carbons (Fsp3) is 0.154. The Morgan fingerprint density at radius 3 is 2.78 bits per heavy atom. The SMILES string of the molecule is CN(Cc1ccccc1N)c1ncc(Cl)cc1F. The molecule has 5 heteroatoms. The molecule has 18 heavy (non-hydrogen) atoms. The van der Waals surface area contributed by atoms with Gasteiger partial charge in [0, 0.05) is 25.5 Å². The molecule has 0 unspecified atom stereocenters. The van der Waals surface area contributed by atoms with E-state index >= 15 is 0 Å². The molecular weight excluding hydrogens is 253 g/mol. The summed E-state index contributed by atoms with van der Waals surface area (Å²) < 4.78 is 13.7. The fourth-order valence-corrected chi connectivity index (χ4v) is 1.84. The molecule has 2 rings (SSSR count). The van der Waals surface area contributed by atoms with Crippen LogP contribution in [0.3, 0.4) is 0 Å². The molecular formula is C13H13ClFN3. The van der Waals surface area contributed by atoms with E-state index in [4.69, 9.17) is 17.3 Å². The van der Waals surface area contributed by atoms with Gasteiger partial charge in [0.25, 0.3) is 0 Å². The zero-order valence-electron chi connectivity index (χ0n) is 9.90. The Hall–Kier alpha value is -1.81. The van der Waals surface area contributed by atoms with E-state index in [1.165, 1.54) is 12.3 Å². The third kappa shape index (κ3) is 2.71. The highest BCUT2D eigenvalue weighted by molar-refractivity contribution is 6.30. The second-order valence-corrected chi connectivity index (χ2v) is 4.45. The van der Waals surface area contributed by atoms with Gasteiger partial charge in [-0.15, -0.1) is 0 Å². The first-order chi connectivity index (χ1) is 8.58. The van der Waals surface area contributed by atoms with Crippen LogP contribution in [0, 0.1) is 5.82 Å². The minimum absolute atomic E-state index is 0.252. The quantitative estimate of drug-likeness (QED) is 0.867. The number of benzene rings is 1. The lowest BCUT2D eigenvalue weighted by Crippen LogP contribution is -2.19. The van der Waals surface area contributed by atoms with Gasteiger partial charge in [0.05, 0.1) is 5.02 Å². The van der Waals surface area contributed by atoms with E-state index in [1.807, 2.05) is 24.3 Å². The van der Waals surface area contributed by atoms with Crippen LogP contribution in [0.25, 0.3) is 0 Å². The molecule has 0 saturated heterocycles. The average Bonchev–Trinajstić information content (AvgIpc) is 2.32. The molecule has 0 atom stereocenters. The fourth-order valence-electron chi connectivity index (χ4n) is 1.70. The Bertz CT molecular complexity index is 560. The maximum absolute atomic E-state index is 13.7. The molecule has 0 saturated carbocycles. The van der Waals surface area contributed by atoms with Crippen LogP contribution in [0.1, 0.15) is 5.56 Å². The summed E-state index contributed by atoms with van der Waals surface area (Å²) in [6.07, 6.45) is 1.42. The molecule has 1 aromatic carbocycles. The molecule has 0 radical (unpaired) electrons. The molecule has 0 amide bonds. The monoisotopic (exact) mass is 265 g/mol. The van der Waals surface area contributed by atoms with E-state index in [-0.39, 0.29) is 10.8 Å². The Morgan fingerprint density at radius 2 is 2.11 bits per heavy atom. The Kier molecular flexibility index (Phi) is 3.67. The van der Waals surface area contributed by atoms with Gasteiger partial charge in [-0.3, -0.25) is 0 Å². The average molecular weight is 266 g/mol. The van der Waals surface area contributed by atoms with Gasteiger partial charge in [-0.2, -0.15) is 0 Å². The van der Waals surface area contributed by atoms with Crippen molar-refractivity contribution < 1.29 is 4.39 Å². The number of nitrogens with two attached hydrogens (primary N) is 1. The second-order valence-electron chi connectivity index (χ2n) is 4.01. The van der Waals surface area contributed by atoms with Crippen LogP contribution < -0.4 is 10.6 Å². The molecule has 0 aliphatic heterocycles. The molecule has 1 aromatic heterocycles. The van der Waals surface area contributed by atoms with E-state index < -0.39 is 5.82 Å². The van der Waals surface area contributed by atoms with Crippen molar-refractivity contribution in [1.82, 2.24) is 4.98 Å². The summed E-state index contributed by atoms with van der Waals surface area (Å²) in [5.41, 5.74) is 7.45. The van der Waals surface area contributed by atoms with Crippen LogP contribution in [0.5, 0.6) is 0 Å².